The van der Waals surface area contributed by atoms with Crippen molar-refractivity contribution in [1.29, 1.82) is 0 Å². The number of nitrogens with zero attached hydrogens (tertiary/aromatic N) is 1. The number of hydrogen-bond acceptors (Lipinski definition) is 5. The van der Waals surface area contributed by atoms with Gasteiger partial charge in [-0.05, 0) is 24.6 Å². The van der Waals surface area contributed by atoms with Crippen molar-refractivity contribution in [2.24, 2.45) is 0 Å². The van der Waals surface area contributed by atoms with Crippen molar-refractivity contribution in [1.82, 2.24) is 10.2 Å². The maximum Gasteiger partial charge on any atom is 0.320 e. The molecule has 3 N–H and O–H groups in total. The van der Waals surface area contributed by atoms with Gasteiger partial charge in [0.15, 0.2) is 0 Å². The minimum Gasteiger partial charge on any atom is -0.480 e. The molecule has 0 fully saturated rings. The van der Waals surface area contributed by atoms with Crippen LogP contribution in [-0.2, 0) is 9.59 Å². The van der Waals surface area contributed by atoms with E-state index in [1.807, 2.05) is 6.92 Å². The Kier molecular flexibility index (Phi) is 5.30. The highest BCUT2D eigenvalue weighted by atomic mass is 16.4. The molecule has 0 saturated carbocycles. The molecule has 1 atom stereocenters. The first kappa shape index (κ1) is 17.6. The quantitative estimate of drug-likeness (QED) is 0.632. The van der Waals surface area contributed by atoms with Crippen LogP contribution in [0.25, 0.3) is 0 Å². The Hall–Kier alpha value is -2.74. The summed E-state index contributed by atoms with van der Waals surface area (Å²) in [6.07, 6.45) is 1.10. The van der Waals surface area contributed by atoms with Crippen LogP contribution in [0.3, 0.4) is 0 Å². The molecule has 1 aliphatic rings. The molecule has 2 rings (SSSR count). The number of hydrogen-bond donors (Lipinski definition) is 3. The summed E-state index contributed by atoms with van der Waals surface area (Å²) in [5.41, 5.74) is 0.912. The molecular weight excluding hydrogens is 314 g/mol. The van der Waals surface area contributed by atoms with Crippen molar-refractivity contribution in [3.05, 3.63) is 29.3 Å². The van der Waals surface area contributed by atoms with Crippen LogP contribution in [0.4, 0.5) is 5.69 Å². The van der Waals surface area contributed by atoms with E-state index in [4.69, 9.17) is 5.11 Å². The van der Waals surface area contributed by atoms with Crippen molar-refractivity contribution >= 4 is 29.4 Å². The molecule has 1 heterocycles. The van der Waals surface area contributed by atoms with Crippen LogP contribution in [0, 0.1) is 0 Å². The third-order valence-electron chi connectivity index (χ3n) is 3.76. The van der Waals surface area contributed by atoms with Gasteiger partial charge >= 0.3 is 5.97 Å². The number of benzene rings is 1. The summed E-state index contributed by atoms with van der Waals surface area (Å²) >= 11 is 0. The Balaban J connectivity index is 2.00. The van der Waals surface area contributed by atoms with Crippen LogP contribution in [-0.4, -0.2) is 53.3 Å². The van der Waals surface area contributed by atoms with Crippen LogP contribution in [0.2, 0.25) is 0 Å². The van der Waals surface area contributed by atoms with Crippen molar-refractivity contribution in [3.63, 3.8) is 0 Å². The number of carbonyl (C=O) groups is 4. The minimum atomic E-state index is -1.01. The van der Waals surface area contributed by atoms with Gasteiger partial charge in [0.25, 0.3) is 11.8 Å². The van der Waals surface area contributed by atoms with Crippen LogP contribution in [0.15, 0.2) is 18.2 Å². The van der Waals surface area contributed by atoms with Gasteiger partial charge in [-0.15, -0.1) is 0 Å². The summed E-state index contributed by atoms with van der Waals surface area (Å²) in [6.45, 7) is 1.69. The monoisotopic (exact) mass is 333 g/mol. The van der Waals surface area contributed by atoms with Crippen LogP contribution in [0.1, 0.15) is 40.5 Å². The van der Waals surface area contributed by atoms with E-state index < -0.39 is 23.8 Å². The third kappa shape index (κ3) is 3.60. The molecule has 8 heteroatoms. The Bertz CT molecular complexity index is 701. The second-order valence-corrected chi connectivity index (χ2v) is 5.54. The lowest BCUT2D eigenvalue weighted by atomic mass is 10.1. The molecular formula is C16H19N3O5. The maximum absolute atomic E-state index is 11.9. The molecule has 24 heavy (non-hydrogen) atoms. The first-order chi connectivity index (χ1) is 11.3. The molecule has 0 aromatic heterocycles. The number of amides is 3. The zero-order valence-electron chi connectivity index (χ0n) is 13.5. The van der Waals surface area contributed by atoms with E-state index in [0.29, 0.717) is 24.1 Å². The fourth-order valence-corrected chi connectivity index (χ4v) is 2.46. The van der Waals surface area contributed by atoms with Gasteiger partial charge < -0.3 is 10.4 Å². The average Bonchev–Trinajstić information content (AvgIpc) is 2.75. The van der Waals surface area contributed by atoms with Crippen LogP contribution in [0.5, 0.6) is 0 Å². The lowest BCUT2D eigenvalue weighted by molar-refractivity contribution is -0.139. The first-order valence-electron chi connectivity index (χ1n) is 7.57. The Morgan fingerprint density at radius 1 is 1.21 bits per heavy atom. The number of imide groups is 1. The summed E-state index contributed by atoms with van der Waals surface area (Å²) < 4.78 is 0. The average molecular weight is 333 g/mol. The molecule has 0 aliphatic carbocycles. The zero-order valence-corrected chi connectivity index (χ0v) is 13.5. The number of carbonyl (C=O) groups excluding carboxylic acids is 3. The Morgan fingerprint density at radius 2 is 1.88 bits per heavy atom. The SMILES string of the molecule is CCCC(NCC(=O)Nc1ccc2c(c1)C(=O)N(C)C2=O)C(=O)O. The minimum absolute atomic E-state index is 0.166. The van der Waals surface area contributed by atoms with Gasteiger partial charge in [0, 0.05) is 12.7 Å². The maximum atomic E-state index is 11.9. The summed E-state index contributed by atoms with van der Waals surface area (Å²) in [7, 11) is 1.40. The lowest BCUT2D eigenvalue weighted by Gasteiger charge is -2.13. The number of nitrogens with one attached hydrogen (secondary N) is 2. The molecule has 0 saturated heterocycles. The van der Waals surface area contributed by atoms with Crippen molar-refractivity contribution in [3.8, 4) is 0 Å². The van der Waals surface area contributed by atoms with Gasteiger partial charge in [0.05, 0.1) is 17.7 Å². The number of fused-ring (bicyclic) bond motifs is 1. The fraction of sp³-hybridized carbons (Fsp3) is 0.375. The molecule has 0 radical (unpaired) electrons. The Morgan fingerprint density at radius 3 is 2.50 bits per heavy atom. The fourth-order valence-electron chi connectivity index (χ4n) is 2.46. The summed E-state index contributed by atoms with van der Waals surface area (Å²) in [5.74, 6) is -2.23. The molecule has 3 amide bonds. The smallest absolute Gasteiger partial charge is 0.320 e. The summed E-state index contributed by atoms with van der Waals surface area (Å²) in [6, 6.07) is 3.67. The number of rotatable bonds is 7. The van der Waals surface area contributed by atoms with Gasteiger partial charge in [-0.2, -0.15) is 0 Å². The van der Waals surface area contributed by atoms with Crippen molar-refractivity contribution < 1.29 is 24.3 Å². The predicted octanol–water partition coefficient (Wildman–Crippen LogP) is 0.694. The summed E-state index contributed by atoms with van der Waals surface area (Å²) in [4.78, 5) is 47.7. The van der Waals surface area contributed by atoms with Gasteiger partial charge in [-0.25, -0.2) is 0 Å². The van der Waals surface area contributed by atoms with Crippen LogP contribution < -0.4 is 10.6 Å². The number of anilines is 1. The third-order valence-corrected chi connectivity index (χ3v) is 3.76. The Labute approximate surface area is 138 Å². The molecule has 0 bridgehead atoms. The molecule has 1 unspecified atom stereocenters. The van der Waals surface area contributed by atoms with E-state index in [-0.39, 0.29) is 18.0 Å². The number of aliphatic carboxylic acids is 1. The molecule has 0 spiro atoms. The second kappa shape index (κ2) is 7.22. The largest absolute Gasteiger partial charge is 0.480 e. The van der Waals surface area contributed by atoms with Gasteiger partial charge in [0.1, 0.15) is 6.04 Å². The predicted molar refractivity (Wildman–Crippen MR) is 85.8 cm³/mol. The molecule has 8 nitrogen and oxygen atoms in total. The standard InChI is InChI=1S/C16H19N3O5/c1-3-4-12(16(23)24)17-8-13(20)18-9-5-6-10-11(7-9)15(22)19(2)14(10)21/h5-7,12,17H,3-4,8H2,1-2H3,(H,18,20)(H,23,24). The van der Waals surface area contributed by atoms with E-state index in [1.165, 1.54) is 25.2 Å². The molecule has 1 aromatic rings. The van der Waals surface area contributed by atoms with Gasteiger partial charge in [0.2, 0.25) is 5.91 Å². The van der Waals surface area contributed by atoms with Crippen LogP contribution >= 0.6 is 0 Å². The summed E-state index contributed by atoms with van der Waals surface area (Å²) in [5, 5.41) is 14.3. The number of carboxylic acid groups (broad SMARTS) is 1. The lowest BCUT2D eigenvalue weighted by Crippen LogP contribution is -2.41. The second-order valence-electron chi connectivity index (χ2n) is 5.54. The first-order valence-corrected chi connectivity index (χ1v) is 7.57. The highest BCUT2D eigenvalue weighted by Crippen LogP contribution is 2.24. The van der Waals surface area contributed by atoms with E-state index in [0.717, 1.165) is 4.90 Å². The number of carboxylic acids is 1. The normalized spacial score (nSPS) is 14.5. The van der Waals surface area contributed by atoms with E-state index in [9.17, 15) is 19.2 Å². The van der Waals surface area contributed by atoms with E-state index in [2.05, 4.69) is 10.6 Å². The van der Waals surface area contributed by atoms with Gasteiger partial charge in [-0.3, -0.25) is 29.4 Å². The topological polar surface area (TPSA) is 116 Å². The van der Waals surface area contributed by atoms with E-state index >= 15 is 0 Å². The highest BCUT2D eigenvalue weighted by molar-refractivity contribution is 6.21. The van der Waals surface area contributed by atoms with Crippen molar-refractivity contribution in [2.45, 2.75) is 25.8 Å². The zero-order chi connectivity index (χ0) is 17.9. The van der Waals surface area contributed by atoms with Gasteiger partial charge in [-0.1, -0.05) is 13.3 Å². The highest BCUT2D eigenvalue weighted by Gasteiger charge is 2.32. The van der Waals surface area contributed by atoms with Crippen molar-refractivity contribution in [2.75, 3.05) is 18.9 Å². The van der Waals surface area contributed by atoms with E-state index in [1.54, 1.807) is 0 Å². The molecule has 128 valence electrons. The molecule has 1 aromatic carbocycles. The molecule has 1 aliphatic heterocycles.